The van der Waals surface area contributed by atoms with Crippen molar-refractivity contribution in [2.45, 2.75) is 32.6 Å². The Morgan fingerprint density at radius 2 is 2.10 bits per heavy atom. The number of carbonyl (C=O) groups is 1. The maximum atomic E-state index is 12.3. The minimum atomic E-state index is -0.0180. The molecule has 1 N–H and O–H groups in total. The van der Waals surface area contributed by atoms with Crippen LogP contribution in [0.15, 0.2) is 18.2 Å². The number of aryl methyl sites for hydroxylation is 1. The molecule has 0 spiro atoms. The number of rotatable bonds is 5. The molecule has 0 atom stereocenters. The minimum Gasteiger partial charge on any atom is -0.496 e. The van der Waals surface area contributed by atoms with Crippen molar-refractivity contribution in [1.82, 2.24) is 5.32 Å². The molecule has 1 aliphatic rings. The van der Waals surface area contributed by atoms with E-state index in [-0.39, 0.29) is 11.3 Å². The van der Waals surface area contributed by atoms with Crippen LogP contribution in [0.25, 0.3) is 0 Å². The van der Waals surface area contributed by atoms with Crippen LogP contribution in [0.1, 0.15) is 41.6 Å². The fraction of sp³-hybridized carbons (Fsp3) is 0.562. The summed E-state index contributed by atoms with van der Waals surface area (Å²) in [6.45, 7) is 2.71. The molecular weight excluding hydrogens is 318 g/mol. The molecule has 4 heteroatoms. The number of hydrogen-bond donors (Lipinski definition) is 1. The molecule has 0 aromatic heterocycles. The first-order valence-corrected chi connectivity index (χ1v) is 8.21. The van der Waals surface area contributed by atoms with Crippen LogP contribution >= 0.6 is 15.9 Å². The average Bonchev–Trinajstić information content (AvgIpc) is 2.95. The summed E-state index contributed by atoms with van der Waals surface area (Å²) >= 11 is 3.60. The molecule has 1 fully saturated rings. The second kappa shape index (κ2) is 6.61. The first-order valence-electron chi connectivity index (χ1n) is 7.09. The number of ether oxygens (including phenoxy) is 1. The van der Waals surface area contributed by atoms with Crippen LogP contribution in [0, 0.1) is 12.3 Å². The van der Waals surface area contributed by atoms with Crippen LogP contribution in [0.3, 0.4) is 0 Å². The molecule has 0 bridgehead atoms. The Balaban J connectivity index is 2.01. The van der Waals surface area contributed by atoms with Crippen LogP contribution in [-0.2, 0) is 0 Å². The number of alkyl halides is 1. The Labute approximate surface area is 129 Å². The van der Waals surface area contributed by atoms with E-state index in [9.17, 15) is 4.79 Å². The van der Waals surface area contributed by atoms with Crippen molar-refractivity contribution in [1.29, 1.82) is 0 Å². The molecular formula is C16H22BrNO2. The Hall–Kier alpha value is -1.03. The van der Waals surface area contributed by atoms with Crippen LogP contribution < -0.4 is 10.1 Å². The van der Waals surface area contributed by atoms with Gasteiger partial charge in [-0.15, -0.1) is 0 Å². The zero-order valence-corrected chi connectivity index (χ0v) is 13.8. The second-order valence-corrected chi connectivity index (χ2v) is 6.27. The van der Waals surface area contributed by atoms with E-state index in [0.29, 0.717) is 5.56 Å². The minimum absolute atomic E-state index is 0.0180. The van der Waals surface area contributed by atoms with E-state index in [2.05, 4.69) is 21.2 Å². The third-order valence-corrected chi connectivity index (χ3v) is 5.43. The van der Waals surface area contributed by atoms with E-state index >= 15 is 0 Å². The van der Waals surface area contributed by atoms with E-state index in [1.165, 1.54) is 25.7 Å². The summed E-state index contributed by atoms with van der Waals surface area (Å²) in [4.78, 5) is 12.3. The summed E-state index contributed by atoms with van der Waals surface area (Å²) in [7, 11) is 1.63. The molecule has 1 saturated carbocycles. The van der Waals surface area contributed by atoms with Gasteiger partial charge in [-0.2, -0.15) is 0 Å². The van der Waals surface area contributed by atoms with Crippen LogP contribution in [0.4, 0.5) is 0 Å². The van der Waals surface area contributed by atoms with Crippen molar-refractivity contribution in [2.24, 2.45) is 5.41 Å². The molecule has 3 nitrogen and oxygen atoms in total. The molecule has 1 amide bonds. The Kier molecular flexibility index (Phi) is 5.08. The maximum Gasteiger partial charge on any atom is 0.251 e. The van der Waals surface area contributed by atoms with Crippen molar-refractivity contribution < 1.29 is 9.53 Å². The van der Waals surface area contributed by atoms with Gasteiger partial charge in [-0.1, -0.05) is 34.8 Å². The van der Waals surface area contributed by atoms with Gasteiger partial charge in [-0.05, 0) is 42.9 Å². The lowest BCUT2D eigenvalue weighted by Crippen LogP contribution is -2.37. The zero-order chi connectivity index (χ0) is 14.6. The quantitative estimate of drug-likeness (QED) is 0.831. The van der Waals surface area contributed by atoms with Crippen molar-refractivity contribution >= 4 is 21.8 Å². The monoisotopic (exact) mass is 339 g/mol. The number of carbonyl (C=O) groups excluding carboxylic acids is 1. The molecule has 20 heavy (non-hydrogen) atoms. The molecule has 1 aliphatic carbocycles. The Morgan fingerprint density at radius 3 is 2.70 bits per heavy atom. The van der Waals surface area contributed by atoms with Gasteiger partial charge in [0.25, 0.3) is 5.91 Å². The first kappa shape index (κ1) is 15.4. The lowest BCUT2D eigenvalue weighted by Gasteiger charge is -2.26. The summed E-state index contributed by atoms with van der Waals surface area (Å²) in [5.74, 6) is 0.740. The van der Waals surface area contributed by atoms with Crippen molar-refractivity contribution in [2.75, 3.05) is 19.0 Å². The van der Waals surface area contributed by atoms with Crippen LogP contribution in [-0.4, -0.2) is 24.9 Å². The first-order chi connectivity index (χ1) is 9.60. The van der Waals surface area contributed by atoms with E-state index in [4.69, 9.17) is 4.74 Å². The molecule has 0 saturated heterocycles. The van der Waals surface area contributed by atoms with Gasteiger partial charge in [0.1, 0.15) is 5.75 Å². The molecule has 1 aromatic rings. The number of methoxy groups -OCH3 is 1. The van der Waals surface area contributed by atoms with Gasteiger partial charge in [0.15, 0.2) is 0 Å². The Bertz CT molecular complexity index is 481. The molecule has 0 unspecified atom stereocenters. The van der Waals surface area contributed by atoms with E-state index in [0.717, 1.165) is 23.2 Å². The molecule has 0 radical (unpaired) electrons. The second-order valence-electron chi connectivity index (χ2n) is 5.71. The fourth-order valence-electron chi connectivity index (χ4n) is 2.81. The van der Waals surface area contributed by atoms with E-state index < -0.39 is 0 Å². The lowest BCUT2D eigenvalue weighted by atomic mass is 9.89. The summed E-state index contributed by atoms with van der Waals surface area (Å²) in [5.41, 5.74) is 1.94. The largest absolute Gasteiger partial charge is 0.496 e. The number of hydrogen-bond acceptors (Lipinski definition) is 2. The Morgan fingerprint density at radius 1 is 1.40 bits per heavy atom. The van der Waals surface area contributed by atoms with Crippen molar-refractivity contribution in [3.63, 3.8) is 0 Å². The normalized spacial score (nSPS) is 16.9. The van der Waals surface area contributed by atoms with Gasteiger partial charge >= 0.3 is 0 Å². The number of benzene rings is 1. The van der Waals surface area contributed by atoms with Gasteiger partial charge in [0.05, 0.1) is 7.11 Å². The molecule has 2 rings (SSSR count). The highest BCUT2D eigenvalue weighted by Crippen LogP contribution is 2.39. The predicted molar refractivity (Wildman–Crippen MR) is 84.8 cm³/mol. The molecule has 1 aromatic carbocycles. The fourth-order valence-corrected chi connectivity index (χ4v) is 3.57. The van der Waals surface area contributed by atoms with Gasteiger partial charge in [0.2, 0.25) is 0 Å². The maximum absolute atomic E-state index is 12.3. The summed E-state index contributed by atoms with van der Waals surface area (Å²) in [5, 5.41) is 4.03. The van der Waals surface area contributed by atoms with Gasteiger partial charge in [-0.3, -0.25) is 4.79 Å². The van der Waals surface area contributed by atoms with Gasteiger partial charge in [-0.25, -0.2) is 0 Å². The molecule has 110 valence electrons. The van der Waals surface area contributed by atoms with Gasteiger partial charge in [0, 0.05) is 17.4 Å². The van der Waals surface area contributed by atoms with Crippen molar-refractivity contribution in [3.05, 3.63) is 29.3 Å². The third kappa shape index (κ3) is 3.35. The highest BCUT2D eigenvalue weighted by atomic mass is 79.9. The highest BCUT2D eigenvalue weighted by Gasteiger charge is 2.33. The summed E-state index contributed by atoms with van der Waals surface area (Å²) in [6, 6.07) is 5.58. The van der Waals surface area contributed by atoms with Crippen LogP contribution in [0.5, 0.6) is 5.75 Å². The number of halogens is 1. The predicted octanol–water partition coefficient (Wildman–Crippen LogP) is 3.69. The standard InChI is InChI=1S/C16H22BrNO2/c1-12-5-6-13(9-14(12)20-2)15(19)18-11-16(10-17)7-3-4-8-16/h5-6,9H,3-4,7-8,10-11H2,1-2H3,(H,18,19). The number of nitrogens with one attached hydrogen (secondary N) is 1. The summed E-state index contributed by atoms with van der Waals surface area (Å²) in [6.07, 6.45) is 4.91. The van der Waals surface area contributed by atoms with Crippen LogP contribution in [0.2, 0.25) is 0 Å². The lowest BCUT2D eigenvalue weighted by molar-refractivity contribution is 0.0935. The average molecular weight is 340 g/mol. The van der Waals surface area contributed by atoms with Crippen molar-refractivity contribution in [3.8, 4) is 5.75 Å². The molecule has 0 aliphatic heterocycles. The zero-order valence-electron chi connectivity index (χ0n) is 12.2. The topological polar surface area (TPSA) is 38.3 Å². The van der Waals surface area contributed by atoms with E-state index in [1.807, 2.05) is 19.1 Å². The smallest absolute Gasteiger partial charge is 0.251 e. The van der Waals surface area contributed by atoms with Gasteiger partial charge < -0.3 is 10.1 Å². The van der Waals surface area contributed by atoms with E-state index in [1.54, 1.807) is 13.2 Å². The SMILES string of the molecule is COc1cc(C(=O)NCC2(CBr)CCCC2)ccc1C. The molecule has 0 heterocycles. The highest BCUT2D eigenvalue weighted by molar-refractivity contribution is 9.09. The number of amides is 1. The summed E-state index contributed by atoms with van der Waals surface area (Å²) < 4.78 is 5.27. The third-order valence-electron chi connectivity index (χ3n) is 4.24.